The highest BCUT2D eigenvalue weighted by Gasteiger charge is 2.16. The van der Waals surface area contributed by atoms with Crippen LogP contribution in [0.25, 0.3) is 0 Å². The number of pyridine rings is 1. The predicted molar refractivity (Wildman–Crippen MR) is 106 cm³/mol. The van der Waals surface area contributed by atoms with Gasteiger partial charge in [0.15, 0.2) is 5.96 Å². The third-order valence-corrected chi connectivity index (χ3v) is 5.23. The molecule has 2 aromatic heterocycles. The zero-order valence-electron chi connectivity index (χ0n) is 15.5. The number of guanidine groups is 1. The normalized spacial score (nSPS) is 15.2. The Balaban J connectivity index is 1.40. The largest absolute Gasteiger partial charge is 0.474 e. The van der Waals surface area contributed by atoms with E-state index in [9.17, 15) is 0 Å². The Kier molecular flexibility index (Phi) is 6.82. The molecule has 0 spiro atoms. The van der Waals surface area contributed by atoms with E-state index in [0.29, 0.717) is 12.6 Å². The molecular formula is C19H27N5OS. The number of thiazole rings is 1. The van der Waals surface area contributed by atoms with Gasteiger partial charge in [0.25, 0.3) is 0 Å². The lowest BCUT2D eigenvalue weighted by Gasteiger charge is -2.13. The molecule has 3 rings (SSSR count). The first kappa shape index (κ1) is 18.6. The molecule has 0 aliphatic heterocycles. The highest BCUT2D eigenvalue weighted by Crippen LogP contribution is 2.22. The number of hydrogen-bond acceptors (Lipinski definition) is 5. The zero-order valence-corrected chi connectivity index (χ0v) is 16.3. The van der Waals surface area contributed by atoms with Crippen LogP contribution in [0.15, 0.2) is 28.7 Å². The summed E-state index contributed by atoms with van der Waals surface area (Å²) in [5.74, 6) is 1.50. The monoisotopic (exact) mass is 373 g/mol. The number of aromatic nitrogens is 2. The Bertz CT molecular complexity index is 707. The van der Waals surface area contributed by atoms with Crippen LogP contribution in [0.5, 0.6) is 5.88 Å². The molecule has 0 atom stereocenters. The first-order valence-corrected chi connectivity index (χ1v) is 10.1. The topological polar surface area (TPSA) is 71.4 Å². The summed E-state index contributed by atoms with van der Waals surface area (Å²) in [7, 11) is 1.78. The van der Waals surface area contributed by atoms with Crippen LogP contribution < -0.4 is 15.4 Å². The molecule has 1 aliphatic rings. The van der Waals surface area contributed by atoms with Crippen LogP contribution in [0.3, 0.4) is 0 Å². The van der Waals surface area contributed by atoms with Crippen molar-refractivity contribution in [2.24, 2.45) is 4.99 Å². The molecule has 0 unspecified atom stereocenters. The summed E-state index contributed by atoms with van der Waals surface area (Å²) in [6, 6.07) is 4.01. The summed E-state index contributed by atoms with van der Waals surface area (Å²) in [5, 5.41) is 9.84. The van der Waals surface area contributed by atoms with Gasteiger partial charge in [0, 0.05) is 44.2 Å². The molecule has 1 saturated carbocycles. The quantitative estimate of drug-likeness (QED) is 0.576. The minimum atomic E-state index is 0.344. The molecule has 26 heavy (non-hydrogen) atoms. The summed E-state index contributed by atoms with van der Waals surface area (Å²) < 4.78 is 5.90. The molecule has 2 heterocycles. The van der Waals surface area contributed by atoms with Crippen molar-refractivity contribution in [3.05, 3.63) is 40.0 Å². The first-order chi connectivity index (χ1) is 12.7. The highest BCUT2D eigenvalue weighted by molar-refractivity contribution is 7.09. The molecule has 2 aromatic rings. The van der Waals surface area contributed by atoms with E-state index in [2.05, 4.69) is 37.0 Å². The van der Waals surface area contributed by atoms with Gasteiger partial charge in [-0.25, -0.2) is 9.97 Å². The molecule has 1 aliphatic carbocycles. The summed E-state index contributed by atoms with van der Waals surface area (Å²) in [5.41, 5.74) is 2.22. The molecule has 0 radical (unpaired) electrons. The van der Waals surface area contributed by atoms with E-state index in [4.69, 9.17) is 4.74 Å². The van der Waals surface area contributed by atoms with Gasteiger partial charge in [0.1, 0.15) is 6.10 Å². The van der Waals surface area contributed by atoms with Gasteiger partial charge in [-0.3, -0.25) is 4.99 Å². The molecule has 0 amide bonds. The number of nitrogens with zero attached hydrogens (tertiary/aromatic N) is 3. The smallest absolute Gasteiger partial charge is 0.213 e. The van der Waals surface area contributed by atoms with Crippen LogP contribution in [0.4, 0.5) is 0 Å². The predicted octanol–water partition coefficient (Wildman–Crippen LogP) is 3.08. The van der Waals surface area contributed by atoms with E-state index in [-0.39, 0.29) is 0 Å². The maximum atomic E-state index is 5.90. The molecule has 1 fully saturated rings. The van der Waals surface area contributed by atoms with Gasteiger partial charge in [-0.05, 0) is 38.2 Å². The fourth-order valence-electron chi connectivity index (χ4n) is 3.00. The van der Waals surface area contributed by atoms with Crippen molar-refractivity contribution in [1.82, 2.24) is 20.6 Å². The van der Waals surface area contributed by atoms with Gasteiger partial charge < -0.3 is 15.4 Å². The van der Waals surface area contributed by atoms with Gasteiger partial charge in [-0.2, -0.15) is 0 Å². The Morgan fingerprint density at radius 2 is 2.15 bits per heavy atom. The van der Waals surface area contributed by atoms with Gasteiger partial charge >= 0.3 is 0 Å². The Morgan fingerprint density at radius 3 is 2.81 bits per heavy atom. The number of nitrogens with one attached hydrogen (secondary N) is 2. The maximum absolute atomic E-state index is 5.90. The fourth-order valence-corrected chi connectivity index (χ4v) is 3.65. The van der Waals surface area contributed by atoms with E-state index >= 15 is 0 Å². The number of ether oxygens (including phenoxy) is 1. The zero-order chi connectivity index (χ0) is 18.2. The van der Waals surface area contributed by atoms with Crippen LogP contribution in [-0.2, 0) is 13.0 Å². The molecular weight excluding hydrogens is 346 g/mol. The fraction of sp³-hybridized carbons (Fsp3) is 0.526. The molecule has 0 bridgehead atoms. The van der Waals surface area contributed by atoms with Gasteiger partial charge in [0.2, 0.25) is 5.88 Å². The summed E-state index contributed by atoms with van der Waals surface area (Å²) in [6.45, 7) is 3.50. The standard InChI is InChI=1S/C19H27N5OS/c1-14-24-16(13-26-14)9-10-21-19(20-2)23-12-15-7-8-18(22-11-15)25-17-5-3-4-6-17/h7-8,11,13,17H,3-6,9-10,12H2,1-2H3,(H2,20,21,23). The molecule has 6 nitrogen and oxygen atoms in total. The molecule has 0 aromatic carbocycles. The molecule has 140 valence electrons. The second-order valence-electron chi connectivity index (χ2n) is 6.49. The number of rotatable bonds is 7. The lowest BCUT2D eigenvalue weighted by molar-refractivity contribution is 0.201. The second-order valence-corrected chi connectivity index (χ2v) is 7.55. The average molecular weight is 374 g/mol. The minimum absolute atomic E-state index is 0.344. The van der Waals surface area contributed by atoms with Crippen LogP contribution >= 0.6 is 11.3 Å². The van der Waals surface area contributed by atoms with Crippen LogP contribution in [-0.4, -0.2) is 35.6 Å². The number of aliphatic imine (C=N–C) groups is 1. The molecule has 0 saturated heterocycles. The van der Waals surface area contributed by atoms with Gasteiger partial charge in [-0.1, -0.05) is 6.07 Å². The highest BCUT2D eigenvalue weighted by atomic mass is 32.1. The third kappa shape index (κ3) is 5.69. The van der Waals surface area contributed by atoms with E-state index in [1.807, 2.05) is 19.2 Å². The van der Waals surface area contributed by atoms with Gasteiger partial charge in [-0.15, -0.1) is 11.3 Å². The van der Waals surface area contributed by atoms with Crippen molar-refractivity contribution in [2.75, 3.05) is 13.6 Å². The van der Waals surface area contributed by atoms with E-state index < -0.39 is 0 Å². The molecule has 2 N–H and O–H groups in total. The Labute approximate surface area is 159 Å². The molecule has 7 heteroatoms. The van der Waals surface area contributed by atoms with Crippen molar-refractivity contribution in [3.8, 4) is 5.88 Å². The maximum Gasteiger partial charge on any atom is 0.213 e. The number of aryl methyl sites for hydroxylation is 1. The van der Waals surface area contributed by atoms with Gasteiger partial charge in [0.05, 0.1) is 10.7 Å². The van der Waals surface area contributed by atoms with E-state index in [0.717, 1.165) is 53.9 Å². The first-order valence-electron chi connectivity index (χ1n) is 9.20. The lowest BCUT2D eigenvalue weighted by Crippen LogP contribution is -2.37. The van der Waals surface area contributed by atoms with Crippen LogP contribution in [0, 0.1) is 6.92 Å². The van der Waals surface area contributed by atoms with Crippen molar-refractivity contribution in [2.45, 2.75) is 51.7 Å². The van der Waals surface area contributed by atoms with Crippen LogP contribution in [0.2, 0.25) is 0 Å². The summed E-state index contributed by atoms with van der Waals surface area (Å²) >= 11 is 1.69. The van der Waals surface area contributed by atoms with Crippen molar-refractivity contribution < 1.29 is 4.74 Å². The minimum Gasteiger partial charge on any atom is -0.474 e. The third-order valence-electron chi connectivity index (χ3n) is 4.41. The second kappa shape index (κ2) is 9.52. The number of hydrogen-bond donors (Lipinski definition) is 2. The van der Waals surface area contributed by atoms with E-state index in [1.54, 1.807) is 18.4 Å². The summed E-state index contributed by atoms with van der Waals surface area (Å²) in [4.78, 5) is 13.1. The Morgan fingerprint density at radius 1 is 1.31 bits per heavy atom. The average Bonchev–Trinajstić information content (AvgIpc) is 3.31. The SMILES string of the molecule is CN=C(NCCc1csc(C)n1)NCc1ccc(OC2CCCC2)nc1. The van der Waals surface area contributed by atoms with Crippen molar-refractivity contribution in [3.63, 3.8) is 0 Å². The lowest BCUT2D eigenvalue weighted by atomic mass is 10.3. The van der Waals surface area contributed by atoms with E-state index in [1.165, 1.54) is 12.8 Å². The Hall–Kier alpha value is -2.15. The van der Waals surface area contributed by atoms with Crippen LogP contribution in [0.1, 0.15) is 41.9 Å². The summed E-state index contributed by atoms with van der Waals surface area (Å²) in [6.07, 6.45) is 7.92. The van der Waals surface area contributed by atoms with Crippen molar-refractivity contribution in [1.29, 1.82) is 0 Å². The van der Waals surface area contributed by atoms with Crippen molar-refractivity contribution >= 4 is 17.3 Å².